The lowest BCUT2D eigenvalue weighted by atomic mass is 9.99. The van der Waals surface area contributed by atoms with Gasteiger partial charge in [0.1, 0.15) is 5.82 Å². The molecule has 0 unspecified atom stereocenters. The third-order valence-corrected chi connectivity index (χ3v) is 5.07. The molecule has 5 heteroatoms. The van der Waals surface area contributed by atoms with Crippen molar-refractivity contribution in [1.82, 2.24) is 15.2 Å². The Bertz CT molecular complexity index is 839. The summed E-state index contributed by atoms with van der Waals surface area (Å²) in [4.78, 5) is 21.5. The zero-order chi connectivity index (χ0) is 19.2. The maximum atomic E-state index is 13.0. The molecule has 2 amide bonds. The average molecular weight is 372 g/mol. The molecule has 1 saturated heterocycles. The zero-order valence-electron chi connectivity index (χ0n) is 15.7. The Labute approximate surface area is 165 Å². The van der Waals surface area contributed by atoms with Gasteiger partial charge >= 0.3 is 6.03 Å². The second-order valence-electron chi connectivity index (χ2n) is 6.87. The minimum absolute atomic E-state index is 0.0293. The number of amides is 2. The number of aromatic nitrogens is 1. The third kappa shape index (κ3) is 4.14. The summed E-state index contributed by atoms with van der Waals surface area (Å²) in [6.45, 7) is 2.93. The van der Waals surface area contributed by atoms with E-state index in [4.69, 9.17) is 0 Å². The van der Waals surface area contributed by atoms with Gasteiger partial charge in [0.2, 0.25) is 0 Å². The molecule has 28 heavy (non-hydrogen) atoms. The van der Waals surface area contributed by atoms with Gasteiger partial charge in [-0.25, -0.2) is 9.78 Å². The predicted molar refractivity (Wildman–Crippen MR) is 111 cm³/mol. The van der Waals surface area contributed by atoms with Crippen molar-refractivity contribution in [3.63, 3.8) is 0 Å². The van der Waals surface area contributed by atoms with Crippen molar-refractivity contribution in [2.24, 2.45) is 0 Å². The Balaban J connectivity index is 1.44. The summed E-state index contributed by atoms with van der Waals surface area (Å²) in [5, 5.41) is 3.23. The van der Waals surface area contributed by atoms with Gasteiger partial charge in [0.05, 0.1) is 6.04 Å². The highest BCUT2D eigenvalue weighted by Crippen LogP contribution is 2.22. The largest absolute Gasteiger partial charge is 0.353 e. The van der Waals surface area contributed by atoms with Crippen LogP contribution >= 0.6 is 0 Å². The molecule has 0 saturated carbocycles. The molecule has 0 atom stereocenters. The van der Waals surface area contributed by atoms with Crippen molar-refractivity contribution in [2.75, 3.05) is 31.1 Å². The SMILES string of the molecule is O=C(NC(c1ccccc1)c1ccccc1)N1CCN(c2ccccn2)CC1. The molecule has 1 aliphatic rings. The van der Waals surface area contributed by atoms with Gasteiger partial charge in [0, 0.05) is 32.4 Å². The molecule has 0 bridgehead atoms. The summed E-state index contributed by atoms with van der Waals surface area (Å²) in [5.74, 6) is 0.967. The van der Waals surface area contributed by atoms with Gasteiger partial charge in [-0.05, 0) is 23.3 Å². The molecule has 0 radical (unpaired) electrons. The molecule has 2 aromatic carbocycles. The van der Waals surface area contributed by atoms with Crippen LogP contribution in [0.25, 0.3) is 0 Å². The minimum atomic E-state index is -0.163. The lowest BCUT2D eigenvalue weighted by molar-refractivity contribution is 0.192. The van der Waals surface area contributed by atoms with E-state index in [0.717, 1.165) is 30.0 Å². The first-order valence-corrected chi connectivity index (χ1v) is 9.62. The number of piperazine rings is 1. The van der Waals surface area contributed by atoms with Crippen LogP contribution in [0.5, 0.6) is 0 Å². The second kappa shape index (κ2) is 8.57. The molecule has 0 aliphatic carbocycles. The fourth-order valence-corrected chi connectivity index (χ4v) is 3.54. The van der Waals surface area contributed by atoms with Gasteiger partial charge in [-0.3, -0.25) is 0 Å². The second-order valence-corrected chi connectivity index (χ2v) is 6.87. The first-order chi connectivity index (χ1) is 13.8. The fourth-order valence-electron chi connectivity index (χ4n) is 3.54. The van der Waals surface area contributed by atoms with E-state index in [1.54, 1.807) is 6.20 Å². The number of hydrogen-bond donors (Lipinski definition) is 1. The number of carbonyl (C=O) groups is 1. The number of carbonyl (C=O) groups excluding carboxylic acids is 1. The van der Waals surface area contributed by atoms with E-state index in [2.05, 4.69) is 39.5 Å². The molecule has 1 aromatic heterocycles. The molecule has 0 spiro atoms. The molecule has 3 aromatic rings. The fraction of sp³-hybridized carbons (Fsp3) is 0.217. The monoisotopic (exact) mass is 372 g/mol. The summed E-state index contributed by atoms with van der Waals surface area (Å²) in [5.41, 5.74) is 2.16. The Morgan fingerprint density at radius 1 is 0.786 bits per heavy atom. The molecule has 142 valence electrons. The Morgan fingerprint density at radius 2 is 1.36 bits per heavy atom. The van der Waals surface area contributed by atoms with Gasteiger partial charge in [-0.1, -0.05) is 66.7 Å². The van der Waals surface area contributed by atoms with Crippen LogP contribution in [0.2, 0.25) is 0 Å². The maximum absolute atomic E-state index is 13.0. The zero-order valence-corrected chi connectivity index (χ0v) is 15.7. The number of nitrogens with zero attached hydrogens (tertiary/aromatic N) is 3. The van der Waals surface area contributed by atoms with E-state index in [-0.39, 0.29) is 12.1 Å². The van der Waals surface area contributed by atoms with Crippen LogP contribution < -0.4 is 10.2 Å². The topological polar surface area (TPSA) is 48.5 Å². The van der Waals surface area contributed by atoms with E-state index in [1.807, 2.05) is 59.5 Å². The molecule has 1 fully saturated rings. The quantitative estimate of drug-likeness (QED) is 0.760. The number of urea groups is 1. The van der Waals surface area contributed by atoms with Gasteiger partial charge in [0.25, 0.3) is 0 Å². The minimum Gasteiger partial charge on any atom is -0.353 e. The van der Waals surface area contributed by atoms with Crippen LogP contribution in [0.15, 0.2) is 85.1 Å². The maximum Gasteiger partial charge on any atom is 0.318 e. The summed E-state index contributed by atoms with van der Waals surface area (Å²) < 4.78 is 0. The third-order valence-electron chi connectivity index (χ3n) is 5.07. The molecule has 4 rings (SSSR count). The van der Waals surface area contributed by atoms with Crippen LogP contribution in [0, 0.1) is 0 Å². The van der Waals surface area contributed by atoms with Crippen LogP contribution in [0.3, 0.4) is 0 Å². The van der Waals surface area contributed by atoms with Crippen molar-refractivity contribution in [3.8, 4) is 0 Å². The Morgan fingerprint density at radius 3 is 1.89 bits per heavy atom. The van der Waals surface area contributed by atoms with Gasteiger partial charge < -0.3 is 15.1 Å². The number of rotatable bonds is 4. The van der Waals surface area contributed by atoms with Crippen LogP contribution in [0.1, 0.15) is 17.2 Å². The first kappa shape index (κ1) is 18.0. The smallest absolute Gasteiger partial charge is 0.318 e. The number of pyridine rings is 1. The number of nitrogens with one attached hydrogen (secondary N) is 1. The number of anilines is 1. The van der Waals surface area contributed by atoms with Crippen molar-refractivity contribution < 1.29 is 4.79 Å². The van der Waals surface area contributed by atoms with Crippen LogP contribution in [0.4, 0.5) is 10.6 Å². The predicted octanol–water partition coefficient (Wildman–Crippen LogP) is 3.70. The van der Waals surface area contributed by atoms with E-state index in [0.29, 0.717) is 13.1 Å². The molecular weight excluding hydrogens is 348 g/mol. The molecule has 1 N–H and O–H groups in total. The van der Waals surface area contributed by atoms with Crippen molar-refractivity contribution in [1.29, 1.82) is 0 Å². The summed E-state index contributed by atoms with van der Waals surface area (Å²) in [6, 6.07) is 25.9. The molecule has 1 aliphatic heterocycles. The van der Waals surface area contributed by atoms with Crippen LogP contribution in [-0.2, 0) is 0 Å². The van der Waals surface area contributed by atoms with Gasteiger partial charge in [0.15, 0.2) is 0 Å². The lowest BCUT2D eigenvalue weighted by Crippen LogP contribution is -2.52. The van der Waals surface area contributed by atoms with E-state index in [9.17, 15) is 4.79 Å². The number of benzene rings is 2. The Kier molecular flexibility index (Phi) is 5.52. The van der Waals surface area contributed by atoms with E-state index < -0.39 is 0 Å². The first-order valence-electron chi connectivity index (χ1n) is 9.62. The van der Waals surface area contributed by atoms with Gasteiger partial charge in [-0.2, -0.15) is 0 Å². The number of hydrogen-bond acceptors (Lipinski definition) is 3. The van der Waals surface area contributed by atoms with Crippen molar-refractivity contribution in [3.05, 3.63) is 96.2 Å². The van der Waals surface area contributed by atoms with Crippen molar-refractivity contribution in [2.45, 2.75) is 6.04 Å². The summed E-state index contributed by atoms with van der Waals surface area (Å²) in [6.07, 6.45) is 1.80. The normalized spacial score (nSPS) is 14.2. The van der Waals surface area contributed by atoms with E-state index in [1.165, 1.54) is 0 Å². The highest BCUT2D eigenvalue weighted by Gasteiger charge is 2.24. The summed E-state index contributed by atoms with van der Waals surface area (Å²) in [7, 11) is 0. The molecule has 5 nitrogen and oxygen atoms in total. The molecule has 2 heterocycles. The summed E-state index contributed by atoms with van der Waals surface area (Å²) >= 11 is 0. The van der Waals surface area contributed by atoms with Crippen LogP contribution in [-0.4, -0.2) is 42.1 Å². The molecular formula is C23H24N4O. The van der Waals surface area contributed by atoms with Crippen molar-refractivity contribution >= 4 is 11.8 Å². The Hall–Kier alpha value is -3.34. The van der Waals surface area contributed by atoms with E-state index >= 15 is 0 Å². The van der Waals surface area contributed by atoms with Gasteiger partial charge in [-0.15, -0.1) is 0 Å². The highest BCUT2D eigenvalue weighted by atomic mass is 16.2. The lowest BCUT2D eigenvalue weighted by Gasteiger charge is -2.36. The standard InChI is InChI=1S/C23H24N4O/c28-23(27-17-15-26(16-18-27)21-13-7-8-14-24-21)25-22(19-9-3-1-4-10-19)20-11-5-2-6-12-20/h1-14,22H,15-18H2,(H,25,28). The average Bonchev–Trinajstić information content (AvgIpc) is 2.79. The highest BCUT2D eigenvalue weighted by molar-refractivity contribution is 5.75.